The summed E-state index contributed by atoms with van der Waals surface area (Å²) < 4.78 is 43.0. The molecule has 0 fully saturated rings. The Morgan fingerprint density at radius 3 is 2.52 bits per heavy atom. The molecule has 1 N–H and O–H groups in total. The number of nitrogens with one attached hydrogen (secondary N) is 1. The topological polar surface area (TPSA) is 38.1 Å². The van der Waals surface area contributed by atoms with E-state index in [-0.39, 0.29) is 0 Å². The van der Waals surface area contributed by atoms with E-state index in [4.69, 9.17) is 4.42 Å². The highest BCUT2D eigenvalue weighted by Gasteiger charge is 2.29. The van der Waals surface area contributed by atoms with E-state index in [1.165, 1.54) is 12.1 Å². The molecule has 0 unspecified atom stereocenters. The molecule has 0 bridgehead atoms. The number of hydrogen-bond acceptors (Lipinski definition) is 3. The molecule has 1 aromatic carbocycles. The maximum atomic E-state index is 12.5. The van der Waals surface area contributed by atoms with E-state index in [0.29, 0.717) is 12.3 Å². The SMILES string of the molecule is CNCCCc1cnc(Cc2ccc(C(F)(F)F)cc2)o1. The molecule has 0 atom stereocenters. The Hall–Kier alpha value is -1.82. The minimum Gasteiger partial charge on any atom is -0.445 e. The van der Waals surface area contributed by atoms with Crippen LogP contribution in [0.1, 0.15) is 29.2 Å². The maximum absolute atomic E-state index is 12.5. The monoisotopic (exact) mass is 298 g/mol. The van der Waals surface area contributed by atoms with E-state index in [2.05, 4.69) is 10.3 Å². The van der Waals surface area contributed by atoms with Crippen LogP contribution < -0.4 is 5.32 Å². The third-order valence-electron chi connectivity index (χ3n) is 3.09. The van der Waals surface area contributed by atoms with Crippen molar-refractivity contribution in [1.29, 1.82) is 0 Å². The molecule has 6 heteroatoms. The molecule has 0 aliphatic carbocycles. The number of rotatable bonds is 6. The van der Waals surface area contributed by atoms with Gasteiger partial charge in [0, 0.05) is 12.8 Å². The number of aromatic nitrogens is 1. The molecule has 0 aliphatic heterocycles. The van der Waals surface area contributed by atoms with E-state index in [0.717, 1.165) is 42.8 Å². The molecule has 3 nitrogen and oxygen atoms in total. The Labute approximate surface area is 121 Å². The van der Waals surface area contributed by atoms with Crippen molar-refractivity contribution in [3.63, 3.8) is 0 Å². The fourth-order valence-electron chi connectivity index (χ4n) is 1.97. The quantitative estimate of drug-likeness (QED) is 0.830. The van der Waals surface area contributed by atoms with Crippen LogP contribution in [0.25, 0.3) is 0 Å². The van der Waals surface area contributed by atoms with Crippen molar-refractivity contribution in [2.75, 3.05) is 13.6 Å². The third-order valence-corrected chi connectivity index (χ3v) is 3.09. The molecule has 1 aromatic heterocycles. The Morgan fingerprint density at radius 2 is 1.90 bits per heavy atom. The van der Waals surface area contributed by atoms with Gasteiger partial charge in [0.05, 0.1) is 11.8 Å². The molecule has 0 saturated carbocycles. The number of aryl methyl sites for hydroxylation is 1. The van der Waals surface area contributed by atoms with Gasteiger partial charge in [0.25, 0.3) is 0 Å². The first-order valence-electron chi connectivity index (χ1n) is 6.73. The molecular formula is C15H17F3N2O. The second-order valence-corrected chi connectivity index (χ2v) is 4.80. The smallest absolute Gasteiger partial charge is 0.416 e. The minimum atomic E-state index is -4.30. The average molecular weight is 298 g/mol. The summed E-state index contributed by atoms with van der Waals surface area (Å²) in [7, 11) is 1.89. The molecule has 114 valence electrons. The Bertz CT molecular complexity index is 561. The Morgan fingerprint density at radius 1 is 1.19 bits per heavy atom. The maximum Gasteiger partial charge on any atom is 0.416 e. The molecule has 1 heterocycles. The summed E-state index contributed by atoms with van der Waals surface area (Å²) in [5, 5.41) is 3.05. The number of nitrogens with zero attached hydrogens (tertiary/aromatic N) is 1. The normalized spacial score (nSPS) is 11.8. The first kappa shape index (κ1) is 15.6. The van der Waals surface area contributed by atoms with E-state index in [1.807, 2.05) is 7.05 Å². The Kier molecular flexibility index (Phi) is 5.01. The van der Waals surface area contributed by atoms with Gasteiger partial charge in [-0.25, -0.2) is 4.98 Å². The second kappa shape index (κ2) is 6.76. The van der Waals surface area contributed by atoms with Gasteiger partial charge in [-0.1, -0.05) is 12.1 Å². The summed E-state index contributed by atoms with van der Waals surface area (Å²) in [5.74, 6) is 1.32. The molecular weight excluding hydrogens is 281 g/mol. The lowest BCUT2D eigenvalue weighted by atomic mass is 10.1. The van der Waals surface area contributed by atoms with Crippen molar-refractivity contribution in [3.8, 4) is 0 Å². The van der Waals surface area contributed by atoms with Gasteiger partial charge in [0.2, 0.25) is 0 Å². The van der Waals surface area contributed by atoms with Gasteiger partial charge in [-0.05, 0) is 37.7 Å². The molecule has 0 amide bonds. The van der Waals surface area contributed by atoms with Gasteiger partial charge in [0.15, 0.2) is 5.89 Å². The minimum absolute atomic E-state index is 0.393. The zero-order valence-electron chi connectivity index (χ0n) is 11.7. The van der Waals surface area contributed by atoms with Crippen molar-refractivity contribution >= 4 is 0 Å². The third kappa shape index (κ3) is 4.60. The summed E-state index contributed by atoms with van der Waals surface area (Å²) in [6.45, 7) is 0.898. The zero-order chi connectivity index (χ0) is 15.3. The first-order chi connectivity index (χ1) is 9.99. The summed E-state index contributed by atoms with van der Waals surface area (Å²) in [5.41, 5.74) is 0.0954. The van der Waals surface area contributed by atoms with Crippen molar-refractivity contribution in [3.05, 3.63) is 53.2 Å². The molecule has 21 heavy (non-hydrogen) atoms. The van der Waals surface area contributed by atoms with E-state index in [9.17, 15) is 13.2 Å². The van der Waals surface area contributed by atoms with Gasteiger partial charge < -0.3 is 9.73 Å². The number of benzene rings is 1. The number of alkyl halides is 3. The van der Waals surface area contributed by atoms with Crippen LogP contribution >= 0.6 is 0 Å². The van der Waals surface area contributed by atoms with Crippen LogP contribution in [-0.2, 0) is 19.0 Å². The highest BCUT2D eigenvalue weighted by Crippen LogP contribution is 2.29. The largest absolute Gasteiger partial charge is 0.445 e. The summed E-state index contributed by atoms with van der Waals surface area (Å²) in [6, 6.07) is 5.06. The van der Waals surface area contributed by atoms with Crippen LogP contribution in [0.2, 0.25) is 0 Å². The molecule has 0 aliphatic rings. The van der Waals surface area contributed by atoms with Crippen LogP contribution in [0.15, 0.2) is 34.9 Å². The lowest BCUT2D eigenvalue weighted by Crippen LogP contribution is -2.08. The Balaban J connectivity index is 1.95. The first-order valence-corrected chi connectivity index (χ1v) is 6.73. The summed E-state index contributed by atoms with van der Waals surface area (Å²) in [6.07, 6.45) is -0.493. The van der Waals surface area contributed by atoms with Crippen molar-refractivity contribution in [2.45, 2.75) is 25.4 Å². The van der Waals surface area contributed by atoms with Crippen molar-refractivity contribution in [2.24, 2.45) is 0 Å². The fraction of sp³-hybridized carbons (Fsp3) is 0.400. The van der Waals surface area contributed by atoms with E-state index < -0.39 is 11.7 Å². The predicted octanol–water partition coefficient (Wildman–Crippen LogP) is 3.44. The van der Waals surface area contributed by atoms with Crippen LogP contribution in [0.3, 0.4) is 0 Å². The van der Waals surface area contributed by atoms with Crippen LogP contribution in [-0.4, -0.2) is 18.6 Å². The molecule has 0 radical (unpaired) electrons. The van der Waals surface area contributed by atoms with E-state index in [1.54, 1.807) is 6.20 Å². The van der Waals surface area contributed by atoms with Crippen LogP contribution in [0.4, 0.5) is 13.2 Å². The summed E-state index contributed by atoms with van der Waals surface area (Å²) >= 11 is 0. The van der Waals surface area contributed by atoms with Gasteiger partial charge >= 0.3 is 6.18 Å². The number of hydrogen-bond donors (Lipinski definition) is 1. The van der Waals surface area contributed by atoms with Crippen LogP contribution in [0, 0.1) is 0 Å². The van der Waals surface area contributed by atoms with Crippen molar-refractivity contribution < 1.29 is 17.6 Å². The van der Waals surface area contributed by atoms with Gasteiger partial charge in [-0.3, -0.25) is 0 Å². The van der Waals surface area contributed by atoms with Gasteiger partial charge in [-0.15, -0.1) is 0 Å². The molecule has 2 rings (SSSR count). The highest BCUT2D eigenvalue weighted by atomic mass is 19.4. The number of halogens is 3. The molecule has 0 spiro atoms. The van der Waals surface area contributed by atoms with Gasteiger partial charge in [0.1, 0.15) is 5.76 Å². The van der Waals surface area contributed by atoms with E-state index >= 15 is 0 Å². The average Bonchev–Trinajstić information content (AvgIpc) is 2.86. The van der Waals surface area contributed by atoms with Crippen LogP contribution in [0.5, 0.6) is 0 Å². The second-order valence-electron chi connectivity index (χ2n) is 4.80. The molecule has 0 saturated heterocycles. The highest BCUT2D eigenvalue weighted by molar-refractivity contribution is 5.26. The summed E-state index contributed by atoms with van der Waals surface area (Å²) in [4.78, 5) is 4.15. The number of oxazole rings is 1. The zero-order valence-corrected chi connectivity index (χ0v) is 11.7. The fourth-order valence-corrected chi connectivity index (χ4v) is 1.97. The lowest BCUT2D eigenvalue weighted by molar-refractivity contribution is -0.137. The predicted molar refractivity (Wildman–Crippen MR) is 73.0 cm³/mol. The standard InChI is InChI=1S/C15H17F3N2O/c1-19-8-2-3-13-10-20-14(21-13)9-11-4-6-12(7-5-11)15(16,17)18/h4-7,10,19H,2-3,8-9H2,1H3. The molecule has 2 aromatic rings. The lowest BCUT2D eigenvalue weighted by Gasteiger charge is -2.06. The van der Waals surface area contributed by atoms with Crippen molar-refractivity contribution in [1.82, 2.24) is 10.3 Å². The van der Waals surface area contributed by atoms with Gasteiger partial charge in [-0.2, -0.15) is 13.2 Å².